The van der Waals surface area contributed by atoms with E-state index in [1.165, 1.54) is 0 Å². The van der Waals surface area contributed by atoms with Crippen LogP contribution in [0.1, 0.15) is 19.4 Å². The second-order valence-corrected chi connectivity index (χ2v) is 4.61. The quantitative estimate of drug-likeness (QED) is 0.805. The normalized spacial score (nSPS) is 13.8. The molecule has 1 rings (SSSR count). The van der Waals surface area contributed by atoms with Crippen molar-refractivity contribution in [2.24, 2.45) is 5.92 Å². The van der Waals surface area contributed by atoms with Gasteiger partial charge in [0.2, 0.25) is 0 Å². The Balaban J connectivity index is 2.42. The minimum Gasteiger partial charge on any atom is -0.481 e. The third-order valence-corrected chi connectivity index (χ3v) is 2.64. The lowest BCUT2D eigenvalue weighted by Crippen LogP contribution is -2.39. The van der Waals surface area contributed by atoms with Gasteiger partial charge in [0.15, 0.2) is 6.10 Å². The first-order valence-electron chi connectivity index (χ1n) is 6.14. The lowest BCUT2D eigenvalue weighted by molar-refractivity contribution is -0.127. The molecule has 4 heteroatoms. The van der Waals surface area contributed by atoms with Gasteiger partial charge < -0.3 is 15.2 Å². The van der Waals surface area contributed by atoms with Crippen molar-refractivity contribution >= 4 is 5.91 Å². The Morgan fingerprint density at radius 1 is 1.33 bits per heavy atom. The van der Waals surface area contributed by atoms with Crippen molar-refractivity contribution in [2.45, 2.75) is 26.9 Å². The summed E-state index contributed by atoms with van der Waals surface area (Å²) in [6.45, 7) is 6.09. The van der Waals surface area contributed by atoms with Crippen LogP contribution in [0, 0.1) is 12.8 Å². The molecular weight excluding hydrogens is 230 g/mol. The average Bonchev–Trinajstić information content (AvgIpc) is 2.38. The van der Waals surface area contributed by atoms with Crippen molar-refractivity contribution in [1.29, 1.82) is 0 Å². The Morgan fingerprint density at radius 2 is 1.94 bits per heavy atom. The highest BCUT2D eigenvalue weighted by molar-refractivity contribution is 5.80. The summed E-state index contributed by atoms with van der Waals surface area (Å²) in [4.78, 5) is 11.7. The van der Waals surface area contributed by atoms with Gasteiger partial charge in [0.1, 0.15) is 5.75 Å². The summed E-state index contributed by atoms with van der Waals surface area (Å²) in [5, 5.41) is 11.6. The minimum atomic E-state index is -0.543. The van der Waals surface area contributed by atoms with Gasteiger partial charge in [-0.1, -0.05) is 24.6 Å². The molecule has 100 valence electrons. The van der Waals surface area contributed by atoms with Crippen LogP contribution in [-0.4, -0.2) is 30.3 Å². The number of rotatable bonds is 6. The predicted octanol–water partition coefficient (Wildman–Crippen LogP) is 1.51. The highest BCUT2D eigenvalue weighted by Crippen LogP contribution is 2.13. The third-order valence-electron chi connectivity index (χ3n) is 2.64. The summed E-state index contributed by atoms with van der Waals surface area (Å²) in [6, 6.07) is 7.56. The standard InChI is InChI=1S/C14H21NO3/c1-10-4-6-13(7-5-10)18-12(3)14(17)15-8-11(2)9-16/h4-7,11-12,16H,8-9H2,1-3H3,(H,15,17). The van der Waals surface area contributed by atoms with E-state index < -0.39 is 6.10 Å². The number of aliphatic hydroxyl groups is 1. The molecule has 18 heavy (non-hydrogen) atoms. The molecule has 1 amide bonds. The summed E-state index contributed by atoms with van der Waals surface area (Å²) in [5.74, 6) is 0.565. The monoisotopic (exact) mass is 251 g/mol. The van der Waals surface area contributed by atoms with Gasteiger partial charge >= 0.3 is 0 Å². The van der Waals surface area contributed by atoms with Crippen LogP contribution >= 0.6 is 0 Å². The van der Waals surface area contributed by atoms with Crippen molar-refractivity contribution < 1.29 is 14.6 Å². The lowest BCUT2D eigenvalue weighted by atomic mass is 10.2. The van der Waals surface area contributed by atoms with E-state index in [4.69, 9.17) is 9.84 Å². The Bertz CT molecular complexity index is 375. The van der Waals surface area contributed by atoms with Gasteiger partial charge in [-0.15, -0.1) is 0 Å². The van der Waals surface area contributed by atoms with E-state index in [1.807, 2.05) is 38.1 Å². The zero-order valence-electron chi connectivity index (χ0n) is 11.1. The summed E-state index contributed by atoms with van der Waals surface area (Å²) in [6.07, 6.45) is -0.543. The first kappa shape index (κ1) is 14.5. The SMILES string of the molecule is Cc1ccc(OC(C)C(=O)NCC(C)CO)cc1. The van der Waals surface area contributed by atoms with Gasteiger partial charge in [-0.05, 0) is 31.9 Å². The second-order valence-electron chi connectivity index (χ2n) is 4.61. The van der Waals surface area contributed by atoms with Crippen LogP contribution in [0.25, 0.3) is 0 Å². The molecule has 0 aromatic heterocycles. The molecule has 0 saturated carbocycles. The molecule has 0 aliphatic rings. The maximum atomic E-state index is 11.7. The molecule has 1 aromatic rings. The van der Waals surface area contributed by atoms with Gasteiger partial charge in [-0.25, -0.2) is 0 Å². The number of nitrogens with one attached hydrogen (secondary N) is 1. The topological polar surface area (TPSA) is 58.6 Å². The van der Waals surface area contributed by atoms with Crippen LogP contribution < -0.4 is 10.1 Å². The van der Waals surface area contributed by atoms with Gasteiger partial charge in [-0.3, -0.25) is 4.79 Å². The number of aliphatic hydroxyl groups excluding tert-OH is 1. The van der Waals surface area contributed by atoms with Crippen LogP contribution in [0.15, 0.2) is 24.3 Å². The van der Waals surface area contributed by atoms with Crippen molar-refractivity contribution in [1.82, 2.24) is 5.32 Å². The molecule has 0 spiro atoms. The average molecular weight is 251 g/mol. The zero-order valence-corrected chi connectivity index (χ0v) is 11.1. The molecule has 0 aliphatic carbocycles. The summed E-state index contributed by atoms with van der Waals surface area (Å²) < 4.78 is 5.52. The number of amides is 1. The van der Waals surface area contributed by atoms with Gasteiger partial charge in [-0.2, -0.15) is 0 Å². The molecule has 0 fully saturated rings. The van der Waals surface area contributed by atoms with Crippen molar-refractivity contribution in [3.8, 4) is 5.75 Å². The second kappa shape index (κ2) is 7.01. The molecule has 1 aromatic carbocycles. The number of ether oxygens (including phenoxy) is 1. The van der Waals surface area contributed by atoms with E-state index in [1.54, 1.807) is 6.92 Å². The lowest BCUT2D eigenvalue weighted by Gasteiger charge is -2.16. The third kappa shape index (κ3) is 4.75. The van der Waals surface area contributed by atoms with Gasteiger partial charge in [0, 0.05) is 13.2 Å². The number of aryl methyl sites for hydroxylation is 1. The van der Waals surface area contributed by atoms with Gasteiger partial charge in [0.25, 0.3) is 5.91 Å². The van der Waals surface area contributed by atoms with Crippen molar-refractivity contribution in [2.75, 3.05) is 13.2 Å². The molecule has 0 aliphatic heterocycles. The van der Waals surface area contributed by atoms with E-state index in [0.717, 1.165) is 5.56 Å². The summed E-state index contributed by atoms with van der Waals surface area (Å²) in [5.41, 5.74) is 1.15. The number of hydrogen-bond acceptors (Lipinski definition) is 3. The highest BCUT2D eigenvalue weighted by Gasteiger charge is 2.14. The summed E-state index contributed by atoms with van der Waals surface area (Å²) >= 11 is 0. The minimum absolute atomic E-state index is 0.0560. The Hall–Kier alpha value is -1.55. The molecular formula is C14H21NO3. The zero-order chi connectivity index (χ0) is 13.5. The number of carbonyl (C=O) groups excluding carboxylic acids is 1. The maximum absolute atomic E-state index is 11.7. The molecule has 0 bridgehead atoms. The molecule has 0 saturated heterocycles. The Labute approximate surface area is 108 Å². The van der Waals surface area contributed by atoms with Crippen molar-refractivity contribution in [3.63, 3.8) is 0 Å². The van der Waals surface area contributed by atoms with Crippen LogP contribution in [0.2, 0.25) is 0 Å². The van der Waals surface area contributed by atoms with E-state index in [9.17, 15) is 4.79 Å². The van der Waals surface area contributed by atoms with Crippen molar-refractivity contribution in [3.05, 3.63) is 29.8 Å². The van der Waals surface area contributed by atoms with Crippen LogP contribution in [0.5, 0.6) is 5.75 Å². The molecule has 0 heterocycles. The van der Waals surface area contributed by atoms with E-state index in [-0.39, 0.29) is 18.4 Å². The van der Waals surface area contributed by atoms with E-state index >= 15 is 0 Å². The van der Waals surface area contributed by atoms with Crippen LogP contribution in [0.4, 0.5) is 0 Å². The predicted molar refractivity (Wildman–Crippen MR) is 70.5 cm³/mol. The highest BCUT2D eigenvalue weighted by atomic mass is 16.5. The van der Waals surface area contributed by atoms with Gasteiger partial charge in [0.05, 0.1) is 0 Å². The first-order valence-corrected chi connectivity index (χ1v) is 6.14. The van der Waals surface area contributed by atoms with Crippen LogP contribution in [-0.2, 0) is 4.79 Å². The summed E-state index contributed by atoms with van der Waals surface area (Å²) in [7, 11) is 0. The first-order chi connectivity index (χ1) is 8.52. The molecule has 4 nitrogen and oxygen atoms in total. The number of carbonyl (C=O) groups is 1. The van der Waals surface area contributed by atoms with E-state index in [0.29, 0.717) is 12.3 Å². The maximum Gasteiger partial charge on any atom is 0.260 e. The fourth-order valence-corrected chi connectivity index (χ4v) is 1.36. The smallest absolute Gasteiger partial charge is 0.260 e. The Morgan fingerprint density at radius 3 is 2.50 bits per heavy atom. The number of hydrogen-bond donors (Lipinski definition) is 2. The molecule has 2 unspecified atom stereocenters. The number of benzene rings is 1. The fraction of sp³-hybridized carbons (Fsp3) is 0.500. The largest absolute Gasteiger partial charge is 0.481 e. The fourth-order valence-electron chi connectivity index (χ4n) is 1.36. The van der Waals surface area contributed by atoms with Crippen LogP contribution in [0.3, 0.4) is 0 Å². The molecule has 2 N–H and O–H groups in total. The Kier molecular flexibility index (Phi) is 5.65. The molecule has 0 radical (unpaired) electrons. The van der Waals surface area contributed by atoms with E-state index in [2.05, 4.69) is 5.32 Å². The molecule has 2 atom stereocenters.